The number of rotatable bonds is 14. The van der Waals surface area contributed by atoms with Gasteiger partial charge in [-0.1, -0.05) is 12.1 Å². The molecule has 54 heavy (non-hydrogen) atoms. The standard InChI is InChI=1S/C43H50FN7O3/c44-40-9-10-41(43-42(40)36(25-45)27-47-43)51-17-13-33(14-18-51)32-3-6-38(7-4-32)49-15-11-31(12-16-49)28-48-19-21-50(22-20-48)39-8-5-34(29-53)35(24-39)26-46-37(30-54)2-1-23-52/h3-10,23-24,27,29-31,33,37,46-47H,1-2,11-22,26,28H2/t37-/m1/s1. The van der Waals surface area contributed by atoms with Crippen molar-refractivity contribution < 1.29 is 18.8 Å². The molecule has 0 unspecified atom stereocenters. The average molecular weight is 732 g/mol. The van der Waals surface area contributed by atoms with Gasteiger partial charge in [0.15, 0.2) is 0 Å². The lowest BCUT2D eigenvalue weighted by atomic mass is 9.89. The number of nitriles is 1. The number of carbonyl (C=O) groups is 3. The van der Waals surface area contributed by atoms with E-state index in [9.17, 15) is 24.0 Å². The van der Waals surface area contributed by atoms with Gasteiger partial charge >= 0.3 is 0 Å². The summed E-state index contributed by atoms with van der Waals surface area (Å²) in [7, 11) is 0. The van der Waals surface area contributed by atoms with E-state index in [-0.39, 0.29) is 5.82 Å². The van der Waals surface area contributed by atoms with Crippen LogP contribution >= 0.6 is 0 Å². The molecule has 0 radical (unpaired) electrons. The number of nitrogens with one attached hydrogen (secondary N) is 2. The van der Waals surface area contributed by atoms with Crippen LogP contribution in [0.25, 0.3) is 10.9 Å². The molecule has 282 valence electrons. The van der Waals surface area contributed by atoms with Gasteiger partial charge in [0.05, 0.1) is 28.2 Å². The average Bonchev–Trinajstić information content (AvgIpc) is 3.67. The Morgan fingerprint density at radius 2 is 1.56 bits per heavy atom. The normalized spacial score (nSPS) is 18.1. The van der Waals surface area contributed by atoms with Crippen molar-refractivity contribution in [1.29, 1.82) is 5.26 Å². The van der Waals surface area contributed by atoms with E-state index in [0.717, 1.165) is 108 Å². The Kier molecular flexibility index (Phi) is 12.0. The van der Waals surface area contributed by atoms with E-state index < -0.39 is 6.04 Å². The highest BCUT2D eigenvalue weighted by molar-refractivity contribution is 5.95. The number of benzene rings is 3. The quantitative estimate of drug-likeness (QED) is 0.150. The topological polar surface area (TPSA) is 116 Å². The predicted octanol–water partition coefficient (Wildman–Crippen LogP) is 6.05. The molecule has 3 saturated heterocycles. The molecule has 3 fully saturated rings. The first-order chi connectivity index (χ1) is 26.5. The Bertz CT molecular complexity index is 1950. The number of halogens is 1. The van der Waals surface area contributed by atoms with Gasteiger partial charge in [-0.25, -0.2) is 4.39 Å². The zero-order chi connectivity index (χ0) is 37.4. The zero-order valence-electron chi connectivity index (χ0n) is 30.9. The maximum absolute atomic E-state index is 14.5. The van der Waals surface area contributed by atoms with Gasteiger partial charge < -0.3 is 34.6 Å². The van der Waals surface area contributed by atoms with Gasteiger partial charge in [-0.05, 0) is 97.5 Å². The molecule has 11 heteroatoms. The van der Waals surface area contributed by atoms with E-state index in [0.29, 0.717) is 53.3 Å². The van der Waals surface area contributed by atoms with Crippen molar-refractivity contribution in [3.63, 3.8) is 0 Å². The number of piperidine rings is 2. The summed E-state index contributed by atoms with van der Waals surface area (Å²) >= 11 is 0. The van der Waals surface area contributed by atoms with E-state index in [1.54, 1.807) is 6.20 Å². The second kappa shape index (κ2) is 17.4. The van der Waals surface area contributed by atoms with Crippen molar-refractivity contribution in [2.24, 2.45) is 5.92 Å². The van der Waals surface area contributed by atoms with E-state index in [2.05, 4.69) is 66.3 Å². The summed E-state index contributed by atoms with van der Waals surface area (Å²) in [6, 6.07) is 20.1. The van der Waals surface area contributed by atoms with Crippen molar-refractivity contribution >= 4 is 46.8 Å². The highest BCUT2D eigenvalue weighted by Gasteiger charge is 2.27. The van der Waals surface area contributed by atoms with Crippen LogP contribution in [0.3, 0.4) is 0 Å². The number of fused-ring (bicyclic) bond motifs is 1. The Hall–Kier alpha value is -5.05. The highest BCUT2D eigenvalue weighted by atomic mass is 19.1. The van der Waals surface area contributed by atoms with Gasteiger partial charge in [-0.3, -0.25) is 9.69 Å². The first kappa shape index (κ1) is 37.3. The number of nitrogens with zero attached hydrogens (tertiary/aromatic N) is 5. The van der Waals surface area contributed by atoms with Crippen LogP contribution in [0.2, 0.25) is 0 Å². The largest absolute Gasteiger partial charge is 0.372 e. The van der Waals surface area contributed by atoms with Gasteiger partial charge in [0.25, 0.3) is 0 Å². The lowest BCUT2D eigenvalue weighted by Crippen LogP contribution is -2.49. The monoisotopic (exact) mass is 731 g/mol. The third-order valence-electron chi connectivity index (χ3n) is 11.9. The van der Waals surface area contributed by atoms with E-state index in [4.69, 9.17) is 0 Å². The number of aldehydes is 3. The molecule has 0 bridgehead atoms. The van der Waals surface area contributed by atoms with Crippen LogP contribution in [0.15, 0.2) is 60.8 Å². The fourth-order valence-electron chi connectivity index (χ4n) is 8.65. The fraction of sp³-hybridized carbons (Fsp3) is 0.442. The molecule has 3 aliphatic heterocycles. The molecule has 1 atom stereocenters. The van der Waals surface area contributed by atoms with Gasteiger partial charge in [-0.2, -0.15) is 5.26 Å². The smallest absolute Gasteiger partial charge is 0.150 e. The molecule has 3 aromatic carbocycles. The molecular formula is C43H50FN7O3. The molecule has 0 spiro atoms. The summed E-state index contributed by atoms with van der Waals surface area (Å²) in [6.07, 6.45) is 9.31. The molecule has 7 rings (SSSR count). The first-order valence-electron chi connectivity index (χ1n) is 19.4. The molecule has 4 heterocycles. The maximum atomic E-state index is 14.5. The molecular weight excluding hydrogens is 682 g/mol. The number of hydrogen-bond donors (Lipinski definition) is 2. The number of piperazine rings is 1. The number of carbonyl (C=O) groups excluding carboxylic acids is 3. The Labute approximate surface area is 316 Å². The maximum Gasteiger partial charge on any atom is 0.150 e. The highest BCUT2D eigenvalue weighted by Crippen LogP contribution is 2.36. The number of aromatic nitrogens is 1. The van der Waals surface area contributed by atoms with Gasteiger partial charge in [-0.15, -0.1) is 0 Å². The van der Waals surface area contributed by atoms with Crippen LogP contribution in [0.4, 0.5) is 21.5 Å². The number of hydrogen-bond acceptors (Lipinski definition) is 9. The Morgan fingerprint density at radius 1 is 0.852 bits per heavy atom. The summed E-state index contributed by atoms with van der Waals surface area (Å²) in [4.78, 5) is 46.8. The SMILES string of the molecule is N#Cc1c[nH]c2c(N3CCC(c4ccc(N5CCC(CN6CCN(c7ccc(C=O)c(CN[C@@H](C=O)CCC=O)c7)CC6)CC5)cc4)CC3)ccc(F)c12. The molecule has 4 aromatic rings. The zero-order valence-corrected chi connectivity index (χ0v) is 30.9. The van der Waals surface area contributed by atoms with Crippen LogP contribution in [0.5, 0.6) is 0 Å². The minimum atomic E-state index is -0.412. The second-order valence-corrected chi connectivity index (χ2v) is 15.1. The summed E-state index contributed by atoms with van der Waals surface area (Å²) < 4.78 is 14.5. The fourth-order valence-corrected chi connectivity index (χ4v) is 8.65. The molecule has 0 aliphatic carbocycles. The number of aromatic amines is 1. The molecule has 3 aliphatic rings. The van der Waals surface area contributed by atoms with Crippen molar-refractivity contribution in [2.45, 2.75) is 57.0 Å². The minimum absolute atomic E-state index is 0.324. The first-order valence-corrected chi connectivity index (χ1v) is 19.4. The van der Waals surface area contributed by atoms with Crippen molar-refractivity contribution in [1.82, 2.24) is 15.2 Å². The summed E-state index contributed by atoms with van der Waals surface area (Å²) in [6.45, 7) is 9.31. The van der Waals surface area contributed by atoms with Crippen LogP contribution in [0, 0.1) is 23.1 Å². The lowest BCUT2D eigenvalue weighted by molar-refractivity contribution is -0.110. The molecule has 2 N–H and O–H groups in total. The van der Waals surface area contributed by atoms with Crippen LogP contribution in [0.1, 0.15) is 71.5 Å². The van der Waals surface area contributed by atoms with Gasteiger partial charge in [0.1, 0.15) is 30.7 Å². The number of H-pyrrole nitrogens is 1. The third kappa shape index (κ3) is 8.35. The van der Waals surface area contributed by atoms with E-state index in [1.807, 2.05) is 18.2 Å². The van der Waals surface area contributed by atoms with Crippen LogP contribution in [-0.2, 0) is 16.1 Å². The summed E-state index contributed by atoms with van der Waals surface area (Å²) in [5, 5.41) is 13.0. The van der Waals surface area contributed by atoms with Crippen LogP contribution in [-0.4, -0.2) is 93.7 Å². The van der Waals surface area contributed by atoms with Gasteiger partial charge in [0, 0.05) is 95.0 Å². The molecule has 10 nitrogen and oxygen atoms in total. The van der Waals surface area contributed by atoms with Crippen LogP contribution < -0.4 is 20.0 Å². The lowest BCUT2D eigenvalue weighted by Gasteiger charge is -2.40. The van der Waals surface area contributed by atoms with Crippen molar-refractivity contribution in [3.05, 3.63) is 88.9 Å². The third-order valence-corrected chi connectivity index (χ3v) is 11.9. The number of anilines is 3. The van der Waals surface area contributed by atoms with Crippen molar-refractivity contribution in [2.75, 3.05) is 73.6 Å². The van der Waals surface area contributed by atoms with E-state index >= 15 is 0 Å². The molecule has 0 saturated carbocycles. The van der Waals surface area contributed by atoms with E-state index in [1.165, 1.54) is 30.2 Å². The molecule has 1 aromatic heterocycles. The summed E-state index contributed by atoms with van der Waals surface area (Å²) in [5.74, 6) is 0.820. The Balaban J connectivity index is 0.850. The predicted molar refractivity (Wildman–Crippen MR) is 211 cm³/mol. The minimum Gasteiger partial charge on any atom is -0.372 e. The summed E-state index contributed by atoms with van der Waals surface area (Å²) in [5.41, 5.74) is 7.28. The van der Waals surface area contributed by atoms with Gasteiger partial charge in [0.2, 0.25) is 0 Å². The Morgan fingerprint density at radius 3 is 2.24 bits per heavy atom. The van der Waals surface area contributed by atoms with Crippen molar-refractivity contribution in [3.8, 4) is 6.07 Å². The molecule has 0 amide bonds. The second-order valence-electron chi connectivity index (χ2n) is 15.1.